The van der Waals surface area contributed by atoms with Crippen LogP contribution in [0.4, 0.5) is 26.3 Å². The average Bonchev–Trinajstić information content (AvgIpc) is 3.05. The normalized spacial score (nSPS) is 11.7. The van der Waals surface area contributed by atoms with Gasteiger partial charge in [0.2, 0.25) is 0 Å². The molecule has 0 spiro atoms. The minimum absolute atomic E-state index is 0.0849. The molecule has 0 aliphatic carbocycles. The van der Waals surface area contributed by atoms with Gasteiger partial charge in [0, 0.05) is 6.20 Å². The van der Waals surface area contributed by atoms with Crippen LogP contribution < -0.4 is 0 Å². The Morgan fingerprint density at radius 1 is 1.10 bits per heavy atom. The predicted molar refractivity (Wildman–Crippen MR) is 101 cm³/mol. The van der Waals surface area contributed by atoms with Crippen LogP contribution in [0.5, 0.6) is 0 Å². The molecule has 2 rings (SSSR count). The van der Waals surface area contributed by atoms with Crippen molar-refractivity contribution >= 4 is 17.7 Å². The van der Waals surface area contributed by atoms with Gasteiger partial charge in [-0.2, -0.15) is 26.3 Å². The molecule has 0 saturated carbocycles. The number of thioether (sulfide) groups is 1. The van der Waals surface area contributed by atoms with E-state index in [0.29, 0.717) is 11.8 Å². The van der Waals surface area contributed by atoms with Gasteiger partial charge in [-0.1, -0.05) is 38.6 Å². The van der Waals surface area contributed by atoms with E-state index in [0.717, 1.165) is 6.07 Å². The molecule has 1 aromatic heterocycles. The minimum Gasteiger partial charge on any atom is -0.461 e. The van der Waals surface area contributed by atoms with Crippen molar-refractivity contribution in [1.82, 2.24) is 9.55 Å². The van der Waals surface area contributed by atoms with E-state index in [1.165, 1.54) is 22.5 Å². The van der Waals surface area contributed by atoms with Crippen molar-refractivity contribution in [3.63, 3.8) is 0 Å². The van der Waals surface area contributed by atoms with Gasteiger partial charge in [0.05, 0.1) is 24.3 Å². The number of halogens is 6. The molecular formula is C19H22F6N2O2S. The summed E-state index contributed by atoms with van der Waals surface area (Å²) in [6, 6.07) is 1.47. The van der Waals surface area contributed by atoms with Crippen LogP contribution in [-0.4, -0.2) is 27.9 Å². The molecule has 0 aliphatic heterocycles. The molecule has 0 unspecified atom stereocenters. The van der Waals surface area contributed by atoms with E-state index in [9.17, 15) is 31.1 Å². The molecule has 1 aromatic carbocycles. The van der Waals surface area contributed by atoms with Crippen LogP contribution in [0.2, 0.25) is 0 Å². The smallest absolute Gasteiger partial charge is 0.416 e. The molecule has 0 bridgehead atoms. The molecule has 0 fully saturated rings. The van der Waals surface area contributed by atoms with E-state index in [2.05, 4.69) is 4.98 Å². The lowest BCUT2D eigenvalue weighted by molar-refractivity contribution is -0.143. The van der Waals surface area contributed by atoms with Crippen molar-refractivity contribution in [1.29, 1.82) is 0 Å². The molecule has 30 heavy (non-hydrogen) atoms. The van der Waals surface area contributed by atoms with Gasteiger partial charge in [0.1, 0.15) is 0 Å². The molecule has 0 atom stereocenters. The van der Waals surface area contributed by atoms with Crippen LogP contribution in [0.15, 0.2) is 29.6 Å². The Morgan fingerprint density at radius 2 is 1.73 bits per heavy atom. The lowest BCUT2D eigenvalue weighted by Gasteiger charge is -2.17. The van der Waals surface area contributed by atoms with Gasteiger partial charge in [-0.3, -0.25) is 0 Å². The van der Waals surface area contributed by atoms with Crippen molar-refractivity contribution in [2.45, 2.75) is 51.7 Å². The highest BCUT2D eigenvalue weighted by Gasteiger charge is 2.38. The maximum Gasteiger partial charge on any atom is 0.416 e. The van der Waals surface area contributed by atoms with Crippen LogP contribution in [0.1, 0.15) is 54.9 Å². The van der Waals surface area contributed by atoms with Gasteiger partial charge in [-0.25, -0.2) is 9.78 Å². The van der Waals surface area contributed by atoms with Crippen LogP contribution in [0.25, 0.3) is 0 Å². The number of benzene rings is 1. The van der Waals surface area contributed by atoms with Crippen molar-refractivity contribution in [2.24, 2.45) is 0 Å². The van der Waals surface area contributed by atoms with Crippen LogP contribution in [-0.2, 0) is 23.6 Å². The van der Waals surface area contributed by atoms with Gasteiger partial charge in [-0.05, 0) is 30.4 Å². The highest BCUT2D eigenvalue weighted by molar-refractivity contribution is 7.99. The quantitative estimate of drug-likeness (QED) is 0.291. The Hall–Kier alpha value is -2.17. The number of esters is 1. The lowest BCUT2D eigenvalue weighted by atomic mass is 10.0. The van der Waals surface area contributed by atoms with E-state index < -0.39 is 36.0 Å². The van der Waals surface area contributed by atoms with E-state index >= 15 is 0 Å². The molecule has 168 valence electrons. The number of rotatable bonds is 6. The highest BCUT2D eigenvalue weighted by atomic mass is 32.2. The number of carbonyl (C=O) groups excluding carboxylic acids is 1. The van der Waals surface area contributed by atoms with E-state index in [1.54, 1.807) is 13.8 Å². The first-order chi connectivity index (χ1) is 14.0. The molecule has 4 nitrogen and oxygen atoms in total. The largest absolute Gasteiger partial charge is 0.461 e. The zero-order chi connectivity index (χ0) is 23.1. The lowest BCUT2D eigenvalue weighted by Crippen LogP contribution is -2.15. The third-order valence-electron chi connectivity index (χ3n) is 3.58. The monoisotopic (exact) mass is 456 g/mol. The number of aromatic nitrogens is 2. The fourth-order valence-electron chi connectivity index (χ4n) is 2.40. The molecule has 0 aliphatic rings. The Morgan fingerprint density at radius 3 is 2.23 bits per heavy atom. The molecule has 1 heterocycles. The average molecular weight is 456 g/mol. The fraction of sp³-hybridized carbons (Fsp3) is 0.474. The van der Waals surface area contributed by atoms with E-state index in [1.807, 2.05) is 13.8 Å². The first-order valence-electron chi connectivity index (χ1n) is 9.11. The number of alkyl halides is 6. The molecule has 2 aromatic rings. The first-order valence-corrected chi connectivity index (χ1v) is 10.1. The SMILES string of the molecule is CC.CCOC(=O)c1cn(Cc2ccc(C(F)(F)F)cc2C(F)(F)F)c(SCC)n1. The maximum atomic E-state index is 13.3. The highest BCUT2D eigenvalue weighted by Crippen LogP contribution is 2.38. The molecule has 11 heteroatoms. The summed E-state index contributed by atoms with van der Waals surface area (Å²) >= 11 is 1.18. The second-order valence-electron chi connectivity index (χ2n) is 5.56. The van der Waals surface area contributed by atoms with Gasteiger partial charge in [-0.15, -0.1) is 0 Å². The van der Waals surface area contributed by atoms with Crippen molar-refractivity contribution < 1.29 is 35.9 Å². The van der Waals surface area contributed by atoms with Gasteiger partial charge >= 0.3 is 18.3 Å². The Labute approximate surface area is 174 Å². The number of hydrogen-bond acceptors (Lipinski definition) is 4. The van der Waals surface area contributed by atoms with Crippen LogP contribution >= 0.6 is 11.8 Å². The standard InChI is InChI=1S/C17H16F6N2O2S.C2H6/c1-3-27-14(26)13-9-25(15(24-13)28-4-2)8-10-5-6-11(16(18,19)20)7-12(10)17(21,22)23;1-2/h5-7,9H,3-4,8H2,1-2H3;1-2H3. The number of imidazole rings is 1. The topological polar surface area (TPSA) is 44.1 Å². The van der Waals surface area contributed by atoms with Crippen LogP contribution in [0.3, 0.4) is 0 Å². The number of nitrogens with zero attached hydrogens (tertiary/aromatic N) is 2. The summed E-state index contributed by atoms with van der Waals surface area (Å²) in [6.07, 6.45) is -8.64. The summed E-state index contributed by atoms with van der Waals surface area (Å²) in [5.74, 6) is -0.207. The molecule has 0 radical (unpaired) electrons. The second-order valence-corrected chi connectivity index (χ2v) is 6.79. The number of ether oxygens (including phenoxy) is 1. The zero-order valence-electron chi connectivity index (χ0n) is 16.8. The van der Waals surface area contributed by atoms with Crippen molar-refractivity contribution in [3.8, 4) is 0 Å². The van der Waals surface area contributed by atoms with Crippen LogP contribution in [0, 0.1) is 0 Å². The van der Waals surface area contributed by atoms with E-state index in [-0.39, 0.29) is 29.1 Å². The van der Waals surface area contributed by atoms with Gasteiger partial charge in [0.15, 0.2) is 10.9 Å². The zero-order valence-corrected chi connectivity index (χ0v) is 17.6. The Balaban J connectivity index is 0.00000218. The maximum absolute atomic E-state index is 13.3. The third kappa shape index (κ3) is 6.68. The van der Waals surface area contributed by atoms with Crippen molar-refractivity contribution in [2.75, 3.05) is 12.4 Å². The minimum atomic E-state index is -4.97. The molecule has 0 N–H and O–H groups in total. The van der Waals surface area contributed by atoms with Crippen molar-refractivity contribution in [3.05, 3.63) is 46.8 Å². The summed E-state index contributed by atoms with van der Waals surface area (Å²) in [4.78, 5) is 15.9. The molecular weight excluding hydrogens is 434 g/mol. The fourth-order valence-corrected chi connectivity index (χ4v) is 3.10. The second kappa shape index (κ2) is 10.7. The summed E-state index contributed by atoms with van der Waals surface area (Å²) in [5, 5.41) is 0.263. The Bertz CT molecular complexity index is 847. The van der Waals surface area contributed by atoms with Gasteiger partial charge < -0.3 is 9.30 Å². The van der Waals surface area contributed by atoms with Gasteiger partial charge in [0.25, 0.3) is 0 Å². The van der Waals surface area contributed by atoms with E-state index in [4.69, 9.17) is 4.74 Å². The number of carbonyl (C=O) groups is 1. The summed E-state index contributed by atoms with van der Waals surface area (Å²) in [6.45, 7) is 7.07. The summed E-state index contributed by atoms with van der Waals surface area (Å²) < 4.78 is 84.5. The molecule has 0 amide bonds. The first kappa shape index (κ1) is 25.9. The third-order valence-corrected chi connectivity index (χ3v) is 4.45. The predicted octanol–water partition coefficient (Wildman–Crippen LogP) is 6.28. The summed E-state index contributed by atoms with van der Waals surface area (Å²) in [7, 11) is 0. The number of hydrogen-bond donors (Lipinski definition) is 0. The summed E-state index contributed by atoms with van der Waals surface area (Å²) in [5.41, 5.74) is -3.23. The molecule has 0 saturated heterocycles. The Kier molecular flexibility index (Phi) is 9.26.